The van der Waals surface area contributed by atoms with Crippen molar-refractivity contribution in [1.82, 2.24) is 5.32 Å². The molecule has 1 aromatic heterocycles. The molecule has 1 aromatic carbocycles. The van der Waals surface area contributed by atoms with Crippen molar-refractivity contribution in [3.05, 3.63) is 35.1 Å². The molecule has 2 aromatic rings. The molecular weight excluding hydrogens is 326 g/mol. The Bertz CT molecular complexity index is 832. The van der Waals surface area contributed by atoms with Gasteiger partial charge in [0.25, 0.3) is 0 Å². The van der Waals surface area contributed by atoms with Crippen LogP contribution in [0, 0.1) is 0 Å². The predicted molar refractivity (Wildman–Crippen MR) is 106 cm³/mol. The molecule has 0 saturated heterocycles. The van der Waals surface area contributed by atoms with E-state index in [9.17, 15) is 4.79 Å². The second kappa shape index (κ2) is 7.98. The Balaban J connectivity index is 2.02. The molecule has 0 fully saturated rings. The number of amides is 1. The van der Waals surface area contributed by atoms with Crippen molar-refractivity contribution in [2.24, 2.45) is 0 Å². The molecule has 140 valence electrons. The third kappa shape index (κ3) is 3.79. The summed E-state index contributed by atoms with van der Waals surface area (Å²) >= 11 is 0. The minimum atomic E-state index is -0.0615. The number of hydrogen-bond acceptors (Lipinski definition) is 3. The van der Waals surface area contributed by atoms with Crippen LogP contribution < -0.4 is 10.1 Å². The van der Waals surface area contributed by atoms with Gasteiger partial charge in [0.1, 0.15) is 17.1 Å². The van der Waals surface area contributed by atoms with E-state index in [1.807, 2.05) is 26.8 Å². The van der Waals surface area contributed by atoms with E-state index in [0.29, 0.717) is 6.61 Å². The summed E-state index contributed by atoms with van der Waals surface area (Å²) in [6.45, 7) is 8.58. The summed E-state index contributed by atoms with van der Waals surface area (Å²) < 4.78 is 11.9. The number of carbonyl (C=O) groups excluding carboxylic acids is 1. The molecule has 1 atom stereocenters. The first-order valence-electron chi connectivity index (χ1n) is 9.73. The monoisotopic (exact) mass is 355 g/mol. The Morgan fingerprint density at radius 2 is 2.08 bits per heavy atom. The number of hydrogen-bond donors (Lipinski definition) is 1. The van der Waals surface area contributed by atoms with Gasteiger partial charge in [-0.15, -0.1) is 0 Å². The molecule has 1 aliphatic carbocycles. The summed E-state index contributed by atoms with van der Waals surface area (Å²) in [6, 6.07) is 4.29. The van der Waals surface area contributed by atoms with Gasteiger partial charge in [0.2, 0.25) is 5.91 Å². The summed E-state index contributed by atoms with van der Waals surface area (Å²) in [5.74, 6) is 1.83. The van der Waals surface area contributed by atoms with E-state index in [1.165, 1.54) is 18.4 Å². The molecule has 0 aliphatic heterocycles. The number of ether oxygens (including phenoxy) is 1. The van der Waals surface area contributed by atoms with Crippen molar-refractivity contribution in [3.63, 3.8) is 0 Å². The molecule has 4 heteroatoms. The van der Waals surface area contributed by atoms with Crippen LogP contribution in [0.1, 0.15) is 63.8 Å². The summed E-state index contributed by atoms with van der Waals surface area (Å²) in [6.07, 6.45) is 7.05. The molecule has 26 heavy (non-hydrogen) atoms. The van der Waals surface area contributed by atoms with Gasteiger partial charge in [-0.1, -0.05) is 6.92 Å². The highest BCUT2D eigenvalue weighted by molar-refractivity contribution is 5.97. The lowest BCUT2D eigenvalue weighted by atomic mass is 9.94. The minimum Gasteiger partial charge on any atom is -0.493 e. The first-order valence-corrected chi connectivity index (χ1v) is 9.73. The zero-order chi connectivity index (χ0) is 18.7. The fraction of sp³-hybridized carbons (Fsp3) is 0.500. The van der Waals surface area contributed by atoms with Crippen LogP contribution in [-0.4, -0.2) is 18.6 Å². The van der Waals surface area contributed by atoms with E-state index in [1.54, 1.807) is 6.08 Å². The number of rotatable bonds is 6. The normalized spacial score (nSPS) is 15.6. The molecule has 0 bridgehead atoms. The number of nitrogens with one attached hydrogen (secondary N) is 1. The summed E-state index contributed by atoms with van der Waals surface area (Å²) in [7, 11) is 0. The van der Waals surface area contributed by atoms with Crippen LogP contribution in [0.5, 0.6) is 5.75 Å². The molecule has 1 heterocycles. The third-order valence-corrected chi connectivity index (χ3v) is 5.13. The van der Waals surface area contributed by atoms with Gasteiger partial charge in [0, 0.05) is 41.1 Å². The average molecular weight is 355 g/mol. The Morgan fingerprint density at radius 3 is 2.81 bits per heavy atom. The van der Waals surface area contributed by atoms with Crippen LogP contribution in [0.25, 0.3) is 16.5 Å². The summed E-state index contributed by atoms with van der Waals surface area (Å²) in [5.41, 5.74) is 4.09. The lowest BCUT2D eigenvalue weighted by Crippen LogP contribution is -2.30. The van der Waals surface area contributed by atoms with Gasteiger partial charge in [0.05, 0.1) is 6.61 Å². The van der Waals surface area contributed by atoms with Gasteiger partial charge in [-0.3, -0.25) is 4.79 Å². The lowest BCUT2D eigenvalue weighted by molar-refractivity contribution is -0.117. The Labute approximate surface area is 155 Å². The second-order valence-electron chi connectivity index (χ2n) is 7.13. The molecular formula is C22H29NO3. The van der Waals surface area contributed by atoms with Gasteiger partial charge in [-0.25, -0.2) is 0 Å². The largest absolute Gasteiger partial charge is 0.493 e. The number of allylic oxidation sites excluding steroid dienone is 1. The standard InChI is InChI=1S/C22H29NO3/c1-5-15(4)23-22(24)11-14(3)17-12-18-16-9-7-8-10-19(16)26-21(18)13-20(17)25-6-2/h11-13,15H,5-10H2,1-4H3,(H,23,24)/b14-11+. The minimum absolute atomic E-state index is 0.0615. The van der Waals surface area contributed by atoms with Gasteiger partial charge >= 0.3 is 0 Å². The first kappa shape index (κ1) is 18.6. The molecule has 1 unspecified atom stereocenters. The zero-order valence-corrected chi connectivity index (χ0v) is 16.3. The number of carbonyl (C=O) groups is 1. The highest BCUT2D eigenvalue weighted by atomic mass is 16.5. The summed E-state index contributed by atoms with van der Waals surface area (Å²) in [5, 5.41) is 4.15. The van der Waals surface area contributed by atoms with E-state index in [-0.39, 0.29) is 11.9 Å². The van der Waals surface area contributed by atoms with E-state index in [4.69, 9.17) is 9.15 Å². The van der Waals surface area contributed by atoms with Crippen molar-refractivity contribution in [1.29, 1.82) is 0 Å². The highest BCUT2D eigenvalue weighted by Crippen LogP contribution is 2.38. The molecule has 1 N–H and O–H groups in total. The molecule has 0 spiro atoms. The van der Waals surface area contributed by atoms with Crippen molar-refractivity contribution >= 4 is 22.4 Å². The number of fused-ring (bicyclic) bond motifs is 3. The van der Waals surface area contributed by atoms with Crippen molar-refractivity contribution in [2.75, 3.05) is 6.61 Å². The molecule has 4 nitrogen and oxygen atoms in total. The van der Waals surface area contributed by atoms with Gasteiger partial charge < -0.3 is 14.5 Å². The maximum absolute atomic E-state index is 12.3. The first-order chi connectivity index (χ1) is 12.5. The molecule has 0 saturated carbocycles. The molecule has 3 rings (SSSR count). The van der Waals surface area contributed by atoms with Crippen LogP contribution in [0.3, 0.4) is 0 Å². The maximum Gasteiger partial charge on any atom is 0.244 e. The van der Waals surface area contributed by atoms with Crippen molar-refractivity contribution in [2.45, 2.75) is 65.8 Å². The van der Waals surface area contributed by atoms with Crippen LogP contribution >= 0.6 is 0 Å². The Hall–Kier alpha value is -2.23. The lowest BCUT2D eigenvalue weighted by Gasteiger charge is -2.13. The van der Waals surface area contributed by atoms with E-state index in [2.05, 4.69) is 18.3 Å². The third-order valence-electron chi connectivity index (χ3n) is 5.13. The number of furan rings is 1. The topological polar surface area (TPSA) is 51.5 Å². The van der Waals surface area contributed by atoms with Crippen LogP contribution in [0.15, 0.2) is 22.6 Å². The van der Waals surface area contributed by atoms with Crippen molar-refractivity contribution < 1.29 is 13.9 Å². The van der Waals surface area contributed by atoms with Crippen molar-refractivity contribution in [3.8, 4) is 5.75 Å². The number of aryl methyl sites for hydroxylation is 2. The smallest absolute Gasteiger partial charge is 0.244 e. The number of benzene rings is 1. The molecule has 0 radical (unpaired) electrons. The van der Waals surface area contributed by atoms with Gasteiger partial charge in [0.15, 0.2) is 0 Å². The van der Waals surface area contributed by atoms with Crippen LogP contribution in [0.2, 0.25) is 0 Å². The van der Waals surface area contributed by atoms with E-state index in [0.717, 1.165) is 52.9 Å². The van der Waals surface area contributed by atoms with E-state index >= 15 is 0 Å². The quantitative estimate of drug-likeness (QED) is 0.740. The van der Waals surface area contributed by atoms with Gasteiger partial charge in [-0.2, -0.15) is 0 Å². The van der Waals surface area contributed by atoms with E-state index < -0.39 is 0 Å². The maximum atomic E-state index is 12.3. The van der Waals surface area contributed by atoms with Crippen LogP contribution in [-0.2, 0) is 17.6 Å². The molecule has 1 amide bonds. The van der Waals surface area contributed by atoms with Gasteiger partial charge in [-0.05, 0) is 58.1 Å². The fourth-order valence-electron chi connectivity index (χ4n) is 3.53. The zero-order valence-electron chi connectivity index (χ0n) is 16.3. The Morgan fingerprint density at radius 1 is 1.31 bits per heavy atom. The average Bonchev–Trinajstić information content (AvgIpc) is 2.98. The fourth-order valence-corrected chi connectivity index (χ4v) is 3.53. The highest BCUT2D eigenvalue weighted by Gasteiger charge is 2.20. The SMILES string of the molecule is CCOc1cc2oc3c(c2cc1/C(C)=C/C(=O)NC(C)CC)CCCC3. The predicted octanol–water partition coefficient (Wildman–Crippen LogP) is 5.03. The molecule has 1 aliphatic rings. The summed E-state index contributed by atoms with van der Waals surface area (Å²) in [4.78, 5) is 12.3. The Kier molecular flexibility index (Phi) is 5.70. The van der Waals surface area contributed by atoms with Crippen LogP contribution in [0.4, 0.5) is 0 Å². The second-order valence-corrected chi connectivity index (χ2v) is 7.13.